The molecule has 3 aromatic rings. The fourth-order valence-corrected chi connectivity index (χ4v) is 2.04. The molecule has 0 aliphatic carbocycles. The van der Waals surface area contributed by atoms with Gasteiger partial charge >= 0.3 is 0 Å². The number of pyridine rings is 1. The van der Waals surface area contributed by atoms with Crippen molar-refractivity contribution < 1.29 is 4.39 Å². The van der Waals surface area contributed by atoms with Crippen LogP contribution in [0.3, 0.4) is 0 Å². The van der Waals surface area contributed by atoms with Crippen LogP contribution >= 0.6 is 0 Å². The normalized spacial score (nSPS) is 10.3. The van der Waals surface area contributed by atoms with E-state index in [1.54, 1.807) is 36.7 Å². The van der Waals surface area contributed by atoms with Crippen LogP contribution in [-0.2, 0) is 13.1 Å². The van der Waals surface area contributed by atoms with E-state index in [2.05, 4.69) is 25.6 Å². The van der Waals surface area contributed by atoms with Crippen LogP contribution in [0.1, 0.15) is 11.3 Å². The summed E-state index contributed by atoms with van der Waals surface area (Å²) in [5, 5.41) is 6.21. The standard InChI is InChI=1S/C17H16FN5/c18-15-7-2-1-5-13(15)11-21-16-8-10-20-17(23-16)22-12-14-6-3-4-9-19-14/h1-10H,11-12H2,(H2,20,21,22,23). The van der Waals surface area contributed by atoms with Crippen molar-refractivity contribution >= 4 is 11.8 Å². The molecule has 1 aromatic carbocycles. The van der Waals surface area contributed by atoms with Crippen LogP contribution < -0.4 is 10.6 Å². The van der Waals surface area contributed by atoms with Crippen molar-refractivity contribution in [2.75, 3.05) is 10.6 Å². The molecule has 2 aromatic heterocycles. The molecule has 116 valence electrons. The summed E-state index contributed by atoms with van der Waals surface area (Å²) >= 11 is 0. The Bertz CT molecular complexity index is 764. The molecule has 0 saturated heterocycles. The Morgan fingerprint density at radius 1 is 0.826 bits per heavy atom. The second-order valence-electron chi connectivity index (χ2n) is 4.89. The average molecular weight is 309 g/mol. The smallest absolute Gasteiger partial charge is 0.224 e. The summed E-state index contributed by atoms with van der Waals surface area (Å²) in [6.45, 7) is 0.904. The molecule has 2 heterocycles. The van der Waals surface area contributed by atoms with Crippen molar-refractivity contribution in [3.63, 3.8) is 0 Å². The zero-order valence-electron chi connectivity index (χ0n) is 12.4. The SMILES string of the molecule is Fc1ccccc1CNc1ccnc(NCc2ccccn2)n1. The van der Waals surface area contributed by atoms with Gasteiger partial charge in [-0.25, -0.2) is 9.37 Å². The third-order valence-electron chi connectivity index (χ3n) is 3.23. The molecule has 0 amide bonds. The molecule has 0 spiro atoms. The summed E-state index contributed by atoms with van der Waals surface area (Å²) in [7, 11) is 0. The number of benzene rings is 1. The zero-order chi connectivity index (χ0) is 15.9. The van der Waals surface area contributed by atoms with E-state index in [1.165, 1.54) is 6.07 Å². The predicted octanol–water partition coefficient (Wildman–Crippen LogP) is 3.23. The highest BCUT2D eigenvalue weighted by Gasteiger charge is 2.03. The molecular formula is C17H16FN5. The Labute approximate surface area is 133 Å². The highest BCUT2D eigenvalue weighted by atomic mass is 19.1. The average Bonchev–Trinajstić information content (AvgIpc) is 2.61. The lowest BCUT2D eigenvalue weighted by molar-refractivity contribution is 0.613. The molecule has 5 nitrogen and oxygen atoms in total. The number of hydrogen-bond acceptors (Lipinski definition) is 5. The molecule has 0 unspecified atom stereocenters. The topological polar surface area (TPSA) is 62.7 Å². The summed E-state index contributed by atoms with van der Waals surface area (Å²) in [6.07, 6.45) is 3.39. The van der Waals surface area contributed by atoms with Crippen molar-refractivity contribution in [3.8, 4) is 0 Å². The van der Waals surface area contributed by atoms with Crippen LogP contribution in [-0.4, -0.2) is 15.0 Å². The molecule has 0 aliphatic rings. The van der Waals surface area contributed by atoms with Crippen LogP contribution in [0.5, 0.6) is 0 Å². The number of halogens is 1. The molecular weight excluding hydrogens is 293 g/mol. The van der Waals surface area contributed by atoms with Gasteiger partial charge in [-0.1, -0.05) is 24.3 Å². The molecule has 0 fully saturated rings. The minimum atomic E-state index is -0.234. The Morgan fingerprint density at radius 2 is 1.70 bits per heavy atom. The van der Waals surface area contributed by atoms with E-state index >= 15 is 0 Å². The lowest BCUT2D eigenvalue weighted by atomic mass is 10.2. The molecule has 23 heavy (non-hydrogen) atoms. The molecule has 0 saturated carbocycles. The number of aromatic nitrogens is 3. The number of nitrogens with zero attached hydrogens (tertiary/aromatic N) is 3. The maximum Gasteiger partial charge on any atom is 0.224 e. The van der Waals surface area contributed by atoms with Gasteiger partial charge in [-0.2, -0.15) is 4.98 Å². The number of rotatable bonds is 6. The second-order valence-corrected chi connectivity index (χ2v) is 4.89. The number of nitrogens with one attached hydrogen (secondary N) is 2. The third-order valence-corrected chi connectivity index (χ3v) is 3.23. The quantitative estimate of drug-likeness (QED) is 0.732. The maximum absolute atomic E-state index is 13.6. The van der Waals surface area contributed by atoms with Gasteiger partial charge in [0.05, 0.1) is 12.2 Å². The summed E-state index contributed by atoms with van der Waals surface area (Å²) in [5.41, 5.74) is 1.50. The van der Waals surface area contributed by atoms with Gasteiger partial charge in [0, 0.05) is 24.5 Å². The Morgan fingerprint density at radius 3 is 2.52 bits per heavy atom. The molecule has 0 atom stereocenters. The van der Waals surface area contributed by atoms with E-state index in [0.717, 1.165) is 5.69 Å². The first kappa shape index (κ1) is 14.9. The van der Waals surface area contributed by atoms with Gasteiger partial charge in [0.25, 0.3) is 0 Å². The minimum Gasteiger partial charge on any atom is -0.366 e. The first-order chi connectivity index (χ1) is 11.3. The largest absolute Gasteiger partial charge is 0.366 e. The number of anilines is 2. The summed E-state index contributed by atoms with van der Waals surface area (Å²) in [6, 6.07) is 14.1. The summed E-state index contributed by atoms with van der Waals surface area (Å²) < 4.78 is 13.6. The lowest BCUT2D eigenvalue weighted by Gasteiger charge is -2.09. The lowest BCUT2D eigenvalue weighted by Crippen LogP contribution is -2.08. The Kier molecular flexibility index (Phi) is 4.73. The molecule has 0 bridgehead atoms. The molecule has 3 rings (SSSR count). The van der Waals surface area contributed by atoms with Gasteiger partial charge in [0.2, 0.25) is 5.95 Å². The Balaban J connectivity index is 1.60. The van der Waals surface area contributed by atoms with Crippen molar-refractivity contribution in [2.24, 2.45) is 0 Å². The van der Waals surface area contributed by atoms with Crippen LogP contribution in [0.15, 0.2) is 60.9 Å². The fourth-order valence-electron chi connectivity index (χ4n) is 2.04. The van der Waals surface area contributed by atoms with Crippen molar-refractivity contribution in [1.29, 1.82) is 0 Å². The highest BCUT2D eigenvalue weighted by Crippen LogP contribution is 2.11. The van der Waals surface area contributed by atoms with Crippen LogP contribution in [0.25, 0.3) is 0 Å². The van der Waals surface area contributed by atoms with Gasteiger partial charge in [0.15, 0.2) is 0 Å². The van der Waals surface area contributed by atoms with E-state index in [-0.39, 0.29) is 5.82 Å². The molecule has 0 radical (unpaired) electrons. The number of hydrogen-bond donors (Lipinski definition) is 2. The van der Waals surface area contributed by atoms with E-state index in [4.69, 9.17) is 0 Å². The van der Waals surface area contributed by atoms with E-state index < -0.39 is 0 Å². The molecule has 2 N–H and O–H groups in total. The van der Waals surface area contributed by atoms with Gasteiger partial charge in [-0.05, 0) is 24.3 Å². The van der Waals surface area contributed by atoms with Gasteiger partial charge in [-0.15, -0.1) is 0 Å². The second kappa shape index (κ2) is 7.31. The first-order valence-corrected chi connectivity index (χ1v) is 7.25. The monoisotopic (exact) mass is 309 g/mol. The van der Waals surface area contributed by atoms with Crippen LogP contribution in [0.4, 0.5) is 16.2 Å². The first-order valence-electron chi connectivity index (χ1n) is 7.25. The van der Waals surface area contributed by atoms with Crippen LogP contribution in [0.2, 0.25) is 0 Å². The fraction of sp³-hybridized carbons (Fsp3) is 0.118. The predicted molar refractivity (Wildman–Crippen MR) is 87.3 cm³/mol. The van der Waals surface area contributed by atoms with Crippen molar-refractivity contribution in [3.05, 3.63) is 78.0 Å². The van der Waals surface area contributed by atoms with Gasteiger partial charge in [-0.3, -0.25) is 4.98 Å². The van der Waals surface area contributed by atoms with Gasteiger partial charge < -0.3 is 10.6 Å². The van der Waals surface area contributed by atoms with Gasteiger partial charge in [0.1, 0.15) is 11.6 Å². The van der Waals surface area contributed by atoms with E-state index in [0.29, 0.717) is 30.4 Å². The van der Waals surface area contributed by atoms with E-state index in [1.807, 2.05) is 18.2 Å². The van der Waals surface area contributed by atoms with Crippen molar-refractivity contribution in [1.82, 2.24) is 15.0 Å². The van der Waals surface area contributed by atoms with E-state index in [9.17, 15) is 4.39 Å². The Hall–Kier alpha value is -3.02. The van der Waals surface area contributed by atoms with Crippen molar-refractivity contribution in [2.45, 2.75) is 13.1 Å². The summed E-state index contributed by atoms with van der Waals surface area (Å²) in [5.74, 6) is 0.892. The zero-order valence-corrected chi connectivity index (χ0v) is 12.4. The molecule has 6 heteroatoms. The maximum atomic E-state index is 13.6. The highest BCUT2D eigenvalue weighted by molar-refractivity contribution is 5.40. The third kappa shape index (κ3) is 4.23. The molecule has 0 aliphatic heterocycles. The van der Waals surface area contributed by atoms with Crippen LogP contribution in [0, 0.1) is 5.82 Å². The summed E-state index contributed by atoms with van der Waals surface area (Å²) in [4.78, 5) is 12.7. The minimum absolute atomic E-state index is 0.234.